The Morgan fingerprint density at radius 1 is 0.950 bits per heavy atom. The van der Waals surface area contributed by atoms with Crippen LogP contribution in [0.15, 0.2) is 60.7 Å². The van der Waals surface area contributed by atoms with Crippen molar-refractivity contribution in [2.75, 3.05) is 13.7 Å². The van der Waals surface area contributed by atoms with Gasteiger partial charge >= 0.3 is 0 Å². The average molecular weight is 269 g/mol. The second kappa shape index (κ2) is 6.69. The Morgan fingerprint density at radius 3 is 2.00 bits per heavy atom. The van der Waals surface area contributed by atoms with E-state index in [0.717, 1.165) is 13.0 Å². The third-order valence-electron chi connectivity index (χ3n) is 4.15. The Bertz CT molecular complexity index is 505. The van der Waals surface area contributed by atoms with Crippen molar-refractivity contribution < 1.29 is 5.11 Å². The van der Waals surface area contributed by atoms with Crippen LogP contribution in [0.2, 0.25) is 0 Å². The zero-order valence-electron chi connectivity index (χ0n) is 12.3. The first-order valence-electron chi connectivity index (χ1n) is 7.14. The Balaban J connectivity index is 2.28. The largest absolute Gasteiger partial charge is 0.394 e. The monoisotopic (exact) mass is 269 g/mol. The molecule has 0 saturated heterocycles. The van der Waals surface area contributed by atoms with Gasteiger partial charge in [-0.1, -0.05) is 67.6 Å². The number of benzene rings is 2. The van der Waals surface area contributed by atoms with Crippen molar-refractivity contribution in [3.8, 4) is 0 Å². The van der Waals surface area contributed by atoms with Crippen LogP contribution in [0.1, 0.15) is 24.5 Å². The van der Waals surface area contributed by atoms with E-state index in [1.54, 1.807) is 0 Å². The van der Waals surface area contributed by atoms with Gasteiger partial charge in [0.05, 0.1) is 12.1 Å². The van der Waals surface area contributed by atoms with Crippen molar-refractivity contribution in [2.45, 2.75) is 25.4 Å². The molecule has 1 N–H and O–H groups in total. The molecule has 0 aliphatic rings. The molecular formula is C18H23NO. The molecule has 0 heterocycles. The minimum absolute atomic E-state index is 0.122. The highest BCUT2D eigenvalue weighted by Gasteiger charge is 2.33. The van der Waals surface area contributed by atoms with E-state index >= 15 is 0 Å². The van der Waals surface area contributed by atoms with Gasteiger partial charge in [0.2, 0.25) is 0 Å². The molecule has 2 aromatic rings. The predicted molar refractivity (Wildman–Crippen MR) is 83.4 cm³/mol. The fraction of sp³-hybridized carbons (Fsp3) is 0.333. The lowest BCUT2D eigenvalue weighted by Gasteiger charge is -2.40. The maximum atomic E-state index is 10.0. The maximum Gasteiger partial charge on any atom is 0.0691 e. The van der Waals surface area contributed by atoms with E-state index in [9.17, 15) is 5.11 Å². The molecule has 106 valence electrons. The highest BCUT2D eigenvalue weighted by molar-refractivity contribution is 5.25. The lowest BCUT2D eigenvalue weighted by molar-refractivity contribution is 0.0366. The van der Waals surface area contributed by atoms with E-state index in [2.05, 4.69) is 55.3 Å². The maximum absolute atomic E-state index is 10.0. The summed E-state index contributed by atoms with van der Waals surface area (Å²) < 4.78 is 0. The van der Waals surface area contributed by atoms with Gasteiger partial charge in [0.25, 0.3) is 0 Å². The van der Waals surface area contributed by atoms with Gasteiger partial charge in [0.15, 0.2) is 0 Å². The van der Waals surface area contributed by atoms with E-state index in [1.807, 2.05) is 24.3 Å². The molecular weight excluding hydrogens is 246 g/mol. The van der Waals surface area contributed by atoms with Crippen LogP contribution in [-0.4, -0.2) is 23.7 Å². The van der Waals surface area contributed by atoms with Gasteiger partial charge in [0, 0.05) is 6.54 Å². The number of aliphatic hydroxyl groups is 1. The van der Waals surface area contributed by atoms with Gasteiger partial charge < -0.3 is 5.11 Å². The first-order valence-corrected chi connectivity index (χ1v) is 7.14. The molecule has 2 nitrogen and oxygen atoms in total. The molecule has 1 atom stereocenters. The van der Waals surface area contributed by atoms with Gasteiger partial charge in [-0.05, 0) is 24.6 Å². The van der Waals surface area contributed by atoms with E-state index in [1.165, 1.54) is 11.1 Å². The number of hydrogen-bond acceptors (Lipinski definition) is 2. The standard InChI is InChI=1S/C18H23NO/c1-3-18(15-20,17-12-8-5-9-13-17)19(2)14-16-10-6-4-7-11-16/h4-13,20H,3,14-15H2,1-2H3. The summed E-state index contributed by atoms with van der Waals surface area (Å²) in [6, 6.07) is 20.7. The van der Waals surface area contributed by atoms with Crippen LogP contribution >= 0.6 is 0 Å². The molecule has 0 aromatic heterocycles. The summed E-state index contributed by atoms with van der Waals surface area (Å²) in [4.78, 5) is 2.25. The predicted octanol–water partition coefficient (Wildman–Crippen LogP) is 3.42. The summed E-state index contributed by atoms with van der Waals surface area (Å²) in [5, 5.41) is 10.0. The molecule has 0 aliphatic carbocycles. The third kappa shape index (κ3) is 2.92. The number of aliphatic hydroxyl groups excluding tert-OH is 1. The molecule has 0 radical (unpaired) electrons. The molecule has 0 spiro atoms. The Kier molecular flexibility index (Phi) is 4.94. The topological polar surface area (TPSA) is 23.5 Å². The molecule has 20 heavy (non-hydrogen) atoms. The van der Waals surface area contributed by atoms with Crippen LogP contribution in [0.4, 0.5) is 0 Å². The SMILES string of the molecule is CCC(CO)(c1ccccc1)N(C)Cc1ccccc1. The summed E-state index contributed by atoms with van der Waals surface area (Å²) in [6.45, 7) is 3.08. The van der Waals surface area contributed by atoms with Crippen molar-refractivity contribution in [1.29, 1.82) is 0 Å². The zero-order valence-corrected chi connectivity index (χ0v) is 12.3. The molecule has 0 bridgehead atoms. The van der Waals surface area contributed by atoms with E-state index in [-0.39, 0.29) is 12.1 Å². The summed E-state index contributed by atoms with van der Waals surface area (Å²) in [5.74, 6) is 0. The number of likely N-dealkylation sites (N-methyl/N-ethyl adjacent to an activating group) is 1. The van der Waals surface area contributed by atoms with E-state index in [0.29, 0.717) is 0 Å². The van der Waals surface area contributed by atoms with Crippen molar-refractivity contribution in [3.05, 3.63) is 71.8 Å². The summed E-state index contributed by atoms with van der Waals surface area (Å²) >= 11 is 0. The highest BCUT2D eigenvalue weighted by Crippen LogP contribution is 2.31. The van der Waals surface area contributed by atoms with Crippen molar-refractivity contribution in [3.63, 3.8) is 0 Å². The first-order chi connectivity index (χ1) is 9.73. The van der Waals surface area contributed by atoms with Gasteiger partial charge in [0.1, 0.15) is 0 Å². The van der Waals surface area contributed by atoms with Crippen LogP contribution in [0.25, 0.3) is 0 Å². The van der Waals surface area contributed by atoms with E-state index in [4.69, 9.17) is 0 Å². The summed E-state index contributed by atoms with van der Waals surface area (Å²) in [5.41, 5.74) is 2.11. The van der Waals surface area contributed by atoms with Gasteiger partial charge in [-0.15, -0.1) is 0 Å². The fourth-order valence-electron chi connectivity index (χ4n) is 2.78. The lowest BCUT2D eigenvalue weighted by Crippen LogP contribution is -2.46. The lowest BCUT2D eigenvalue weighted by atomic mass is 9.86. The molecule has 2 rings (SSSR count). The smallest absolute Gasteiger partial charge is 0.0691 e. The van der Waals surface area contributed by atoms with Crippen LogP contribution in [0, 0.1) is 0 Å². The van der Waals surface area contributed by atoms with E-state index < -0.39 is 0 Å². The Hall–Kier alpha value is -1.64. The van der Waals surface area contributed by atoms with Crippen molar-refractivity contribution in [2.24, 2.45) is 0 Å². The van der Waals surface area contributed by atoms with Crippen LogP contribution < -0.4 is 0 Å². The Labute approximate surface area is 121 Å². The molecule has 0 saturated carbocycles. The van der Waals surface area contributed by atoms with Gasteiger partial charge in [-0.3, -0.25) is 4.90 Å². The second-order valence-corrected chi connectivity index (χ2v) is 5.25. The normalized spacial score (nSPS) is 14.2. The minimum Gasteiger partial charge on any atom is -0.394 e. The molecule has 2 aromatic carbocycles. The molecule has 0 amide bonds. The zero-order chi connectivity index (χ0) is 14.4. The summed E-state index contributed by atoms with van der Waals surface area (Å²) in [7, 11) is 2.08. The van der Waals surface area contributed by atoms with Gasteiger partial charge in [-0.25, -0.2) is 0 Å². The van der Waals surface area contributed by atoms with Crippen molar-refractivity contribution >= 4 is 0 Å². The molecule has 2 heteroatoms. The van der Waals surface area contributed by atoms with Crippen LogP contribution in [0.3, 0.4) is 0 Å². The molecule has 0 aliphatic heterocycles. The number of nitrogens with zero attached hydrogens (tertiary/aromatic N) is 1. The molecule has 0 fully saturated rings. The number of hydrogen-bond donors (Lipinski definition) is 1. The first kappa shape index (κ1) is 14.8. The summed E-state index contributed by atoms with van der Waals surface area (Å²) in [6.07, 6.45) is 0.872. The highest BCUT2D eigenvalue weighted by atomic mass is 16.3. The fourth-order valence-corrected chi connectivity index (χ4v) is 2.78. The average Bonchev–Trinajstić information content (AvgIpc) is 2.51. The quantitative estimate of drug-likeness (QED) is 0.868. The Morgan fingerprint density at radius 2 is 1.50 bits per heavy atom. The van der Waals surface area contributed by atoms with Gasteiger partial charge in [-0.2, -0.15) is 0 Å². The van der Waals surface area contributed by atoms with Crippen LogP contribution in [-0.2, 0) is 12.1 Å². The minimum atomic E-state index is -0.322. The third-order valence-corrected chi connectivity index (χ3v) is 4.15. The molecule has 1 unspecified atom stereocenters. The van der Waals surface area contributed by atoms with Crippen molar-refractivity contribution in [1.82, 2.24) is 4.90 Å². The van der Waals surface area contributed by atoms with Crippen LogP contribution in [0.5, 0.6) is 0 Å². The second-order valence-electron chi connectivity index (χ2n) is 5.25. The number of rotatable bonds is 6.